The maximum Gasteiger partial charge on any atom is 0.338 e. The van der Waals surface area contributed by atoms with E-state index in [9.17, 15) is 9.59 Å². The molecule has 23 heavy (non-hydrogen) atoms. The van der Waals surface area contributed by atoms with E-state index in [1.807, 2.05) is 36.4 Å². The standard InChI is InChI=1S/C18H16INO3/c19-15-9-7-14(8-10-15)18(22)23-12-17(21)20-11-3-5-13-4-1-2-6-16(13)20/h1-2,4,6-10H,3,5,11-12H2. The largest absolute Gasteiger partial charge is 0.452 e. The van der Waals surface area contributed by atoms with E-state index in [0.717, 1.165) is 27.7 Å². The number of fused-ring (bicyclic) bond motifs is 1. The van der Waals surface area contributed by atoms with Gasteiger partial charge in [-0.1, -0.05) is 18.2 Å². The number of nitrogens with zero attached hydrogens (tertiary/aromatic N) is 1. The summed E-state index contributed by atoms with van der Waals surface area (Å²) in [5, 5.41) is 0. The van der Waals surface area contributed by atoms with Crippen molar-refractivity contribution >= 4 is 40.2 Å². The predicted octanol–water partition coefficient (Wildman–Crippen LogP) is 3.43. The van der Waals surface area contributed by atoms with E-state index < -0.39 is 5.97 Å². The van der Waals surface area contributed by atoms with Gasteiger partial charge in [0.1, 0.15) is 0 Å². The van der Waals surface area contributed by atoms with Gasteiger partial charge < -0.3 is 9.64 Å². The number of anilines is 1. The minimum absolute atomic E-state index is 0.184. The summed E-state index contributed by atoms with van der Waals surface area (Å²) >= 11 is 2.17. The van der Waals surface area contributed by atoms with Crippen LogP contribution in [0.2, 0.25) is 0 Å². The van der Waals surface area contributed by atoms with Crippen molar-refractivity contribution in [2.45, 2.75) is 12.8 Å². The third-order valence-electron chi connectivity index (χ3n) is 3.82. The Bertz CT molecular complexity index is 727. The van der Waals surface area contributed by atoms with E-state index >= 15 is 0 Å². The average molecular weight is 421 g/mol. The summed E-state index contributed by atoms with van der Waals surface area (Å²) in [4.78, 5) is 26.1. The lowest BCUT2D eigenvalue weighted by atomic mass is 10.0. The highest BCUT2D eigenvalue weighted by atomic mass is 127. The molecule has 1 heterocycles. The number of ether oxygens (including phenoxy) is 1. The van der Waals surface area contributed by atoms with Crippen molar-refractivity contribution in [3.8, 4) is 0 Å². The topological polar surface area (TPSA) is 46.6 Å². The first-order valence-electron chi connectivity index (χ1n) is 7.46. The molecule has 5 heteroatoms. The Hall–Kier alpha value is -1.89. The summed E-state index contributed by atoms with van der Waals surface area (Å²) in [6.07, 6.45) is 1.90. The number of hydrogen-bond donors (Lipinski definition) is 0. The number of rotatable bonds is 3. The van der Waals surface area contributed by atoms with Crippen LogP contribution in [-0.4, -0.2) is 25.0 Å². The second-order valence-corrected chi connectivity index (χ2v) is 6.61. The number of aryl methyl sites for hydroxylation is 1. The van der Waals surface area contributed by atoms with Gasteiger partial charge >= 0.3 is 5.97 Å². The molecule has 0 saturated carbocycles. The van der Waals surface area contributed by atoms with Gasteiger partial charge in [-0.05, 0) is 71.3 Å². The Labute approximate surface area is 148 Å². The van der Waals surface area contributed by atoms with Gasteiger partial charge in [0.05, 0.1) is 5.56 Å². The van der Waals surface area contributed by atoms with Gasteiger partial charge in [0.15, 0.2) is 6.61 Å². The summed E-state index contributed by atoms with van der Waals surface area (Å²) in [7, 11) is 0. The molecule has 1 aliphatic heterocycles. The number of carbonyl (C=O) groups is 2. The number of benzene rings is 2. The zero-order valence-electron chi connectivity index (χ0n) is 12.5. The molecule has 118 valence electrons. The number of hydrogen-bond acceptors (Lipinski definition) is 3. The SMILES string of the molecule is O=C(OCC(=O)N1CCCc2ccccc21)c1ccc(I)cc1. The lowest BCUT2D eigenvalue weighted by Crippen LogP contribution is -2.38. The fourth-order valence-electron chi connectivity index (χ4n) is 2.67. The van der Waals surface area contributed by atoms with Gasteiger partial charge in [-0.2, -0.15) is 0 Å². The summed E-state index contributed by atoms with van der Waals surface area (Å²) < 4.78 is 6.21. The van der Waals surface area contributed by atoms with Crippen LogP contribution in [0.3, 0.4) is 0 Å². The van der Waals surface area contributed by atoms with Gasteiger partial charge in [0.2, 0.25) is 0 Å². The molecular formula is C18H16INO3. The van der Waals surface area contributed by atoms with Crippen molar-refractivity contribution in [1.29, 1.82) is 0 Å². The second kappa shape index (κ2) is 7.12. The molecule has 0 fully saturated rings. The predicted molar refractivity (Wildman–Crippen MR) is 96.6 cm³/mol. The molecule has 0 bridgehead atoms. The van der Waals surface area contributed by atoms with Gasteiger partial charge in [-0.15, -0.1) is 0 Å². The Morgan fingerprint density at radius 1 is 1.09 bits per heavy atom. The fraction of sp³-hybridized carbons (Fsp3) is 0.222. The zero-order chi connectivity index (χ0) is 16.2. The highest BCUT2D eigenvalue weighted by molar-refractivity contribution is 14.1. The van der Waals surface area contributed by atoms with E-state index in [2.05, 4.69) is 22.6 Å². The van der Waals surface area contributed by atoms with Gasteiger partial charge in [0, 0.05) is 15.8 Å². The summed E-state index contributed by atoms with van der Waals surface area (Å²) in [6, 6.07) is 14.9. The number of carbonyl (C=O) groups excluding carboxylic acids is 2. The Morgan fingerprint density at radius 2 is 1.83 bits per heavy atom. The molecule has 0 aliphatic carbocycles. The number of para-hydroxylation sites is 1. The lowest BCUT2D eigenvalue weighted by Gasteiger charge is -2.29. The fourth-order valence-corrected chi connectivity index (χ4v) is 3.03. The zero-order valence-corrected chi connectivity index (χ0v) is 14.7. The minimum Gasteiger partial charge on any atom is -0.452 e. The summed E-state index contributed by atoms with van der Waals surface area (Å²) in [6.45, 7) is 0.427. The molecule has 0 atom stereocenters. The Balaban J connectivity index is 1.64. The van der Waals surface area contributed by atoms with Gasteiger partial charge in [0.25, 0.3) is 5.91 Å². The molecule has 1 amide bonds. The van der Waals surface area contributed by atoms with Crippen molar-refractivity contribution in [2.75, 3.05) is 18.1 Å². The van der Waals surface area contributed by atoms with Crippen molar-refractivity contribution in [2.24, 2.45) is 0 Å². The van der Waals surface area contributed by atoms with Crippen LogP contribution in [0.25, 0.3) is 0 Å². The number of halogens is 1. The molecule has 2 aromatic carbocycles. The van der Waals surface area contributed by atoms with Gasteiger partial charge in [-0.25, -0.2) is 4.79 Å². The minimum atomic E-state index is -0.472. The molecule has 3 rings (SSSR count). The third kappa shape index (κ3) is 3.72. The van der Waals surface area contributed by atoms with Crippen LogP contribution in [-0.2, 0) is 16.0 Å². The monoisotopic (exact) mass is 421 g/mol. The molecule has 0 spiro atoms. The van der Waals surface area contributed by atoms with E-state index in [1.165, 1.54) is 0 Å². The number of amides is 1. The van der Waals surface area contributed by atoms with Crippen molar-refractivity contribution < 1.29 is 14.3 Å². The van der Waals surface area contributed by atoms with Gasteiger partial charge in [-0.3, -0.25) is 4.79 Å². The average Bonchev–Trinajstić information content (AvgIpc) is 2.59. The van der Waals surface area contributed by atoms with Crippen molar-refractivity contribution in [3.63, 3.8) is 0 Å². The highest BCUT2D eigenvalue weighted by Gasteiger charge is 2.23. The van der Waals surface area contributed by atoms with E-state index in [1.54, 1.807) is 17.0 Å². The first-order chi connectivity index (χ1) is 11.1. The lowest BCUT2D eigenvalue weighted by molar-refractivity contribution is -0.121. The Morgan fingerprint density at radius 3 is 2.61 bits per heavy atom. The summed E-state index contributed by atoms with van der Waals surface area (Å²) in [5.74, 6) is -0.656. The van der Waals surface area contributed by atoms with Crippen LogP contribution in [0.1, 0.15) is 22.3 Å². The van der Waals surface area contributed by atoms with Crippen LogP contribution in [0.5, 0.6) is 0 Å². The molecule has 0 N–H and O–H groups in total. The third-order valence-corrected chi connectivity index (χ3v) is 4.54. The molecular weight excluding hydrogens is 405 g/mol. The molecule has 4 nitrogen and oxygen atoms in total. The molecule has 0 unspecified atom stereocenters. The van der Waals surface area contributed by atoms with Crippen molar-refractivity contribution in [1.82, 2.24) is 0 Å². The smallest absolute Gasteiger partial charge is 0.338 e. The number of esters is 1. The van der Waals surface area contributed by atoms with E-state index in [0.29, 0.717) is 12.1 Å². The molecule has 0 saturated heterocycles. The van der Waals surface area contributed by atoms with Crippen LogP contribution in [0.4, 0.5) is 5.69 Å². The maximum absolute atomic E-state index is 12.4. The molecule has 0 radical (unpaired) electrons. The van der Waals surface area contributed by atoms with Crippen LogP contribution in [0, 0.1) is 3.57 Å². The molecule has 2 aromatic rings. The first-order valence-corrected chi connectivity index (χ1v) is 8.54. The van der Waals surface area contributed by atoms with Crippen molar-refractivity contribution in [3.05, 3.63) is 63.2 Å². The first kappa shape index (κ1) is 16.0. The van der Waals surface area contributed by atoms with E-state index in [4.69, 9.17) is 4.74 Å². The van der Waals surface area contributed by atoms with Crippen LogP contribution < -0.4 is 4.90 Å². The highest BCUT2D eigenvalue weighted by Crippen LogP contribution is 2.26. The van der Waals surface area contributed by atoms with Crippen LogP contribution >= 0.6 is 22.6 Å². The van der Waals surface area contributed by atoms with Crippen LogP contribution in [0.15, 0.2) is 48.5 Å². The maximum atomic E-state index is 12.4. The summed E-state index contributed by atoms with van der Waals surface area (Å²) in [5.41, 5.74) is 2.54. The molecule has 0 aromatic heterocycles. The van der Waals surface area contributed by atoms with E-state index in [-0.39, 0.29) is 12.5 Å². The quantitative estimate of drug-likeness (QED) is 0.564. The normalized spacial score (nSPS) is 13.3. The Kier molecular flexibility index (Phi) is 4.95. The molecule has 1 aliphatic rings. The second-order valence-electron chi connectivity index (χ2n) is 5.36.